The van der Waals surface area contributed by atoms with Gasteiger partial charge in [0.15, 0.2) is 0 Å². The molecule has 0 saturated carbocycles. The summed E-state index contributed by atoms with van der Waals surface area (Å²) in [5.41, 5.74) is 7.01. The minimum Gasteiger partial charge on any atom is -0.375 e. The maximum atomic E-state index is 11.8. The second-order valence-corrected chi connectivity index (χ2v) is 3.67. The lowest BCUT2D eigenvalue weighted by Crippen LogP contribution is -2.15. The maximum Gasteiger partial charge on any atom is 0.261 e. The van der Waals surface area contributed by atoms with Crippen LogP contribution in [-0.4, -0.2) is 25.5 Å². The molecular weight excluding hydrogens is 242 g/mol. The normalized spacial score (nSPS) is 10.7. The van der Waals surface area contributed by atoms with Gasteiger partial charge in [0.1, 0.15) is 6.61 Å². The van der Waals surface area contributed by atoms with Gasteiger partial charge in [0, 0.05) is 12.2 Å². The molecule has 0 aliphatic carbocycles. The Balaban J connectivity index is 2.30. The first-order valence-corrected chi connectivity index (χ1v) is 5.56. The monoisotopic (exact) mass is 258 g/mol. The van der Waals surface area contributed by atoms with E-state index in [4.69, 9.17) is 5.73 Å². The van der Waals surface area contributed by atoms with E-state index < -0.39 is 13.0 Å². The summed E-state index contributed by atoms with van der Waals surface area (Å²) < 4.78 is 28.1. The molecule has 0 atom stereocenters. The van der Waals surface area contributed by atoms with E-state index in [9.17, 15) is 13.6 Å². The molecular formula is C12H16F2N2O2. The van der Waals surface area contributed by atoms with Crippen molar-refractivity contribution in [1.29, 1.82) is 0 Å². The highest BCUT2D eigenvalue weighted by Crippen LogP contribution is 2.10. The number of hydrogen-bond acceptors (Lipinski definition) is 3. The molecule has 0 aliphatic heterocycles. The van der Waals surface area contributed by atoms with Crippen molar-refractivity contribution in [3.63, 3.8) is 0 Å². The predicted octanol–water partition coefficient (Wildman–Crippen LogP) is 1.76. The quantitative estimate of drug-likeness (QED) is 0.732. The fourth-order valence-electron chi connectivity index (χ4n) is 1.34. The van der Waals surface area contributed by atoms with E-state index in [2.05, 4.69) is 10.1 Å². The molecule has 0 aromatic heterocycles. The molecule has 0 heterocycles. The van der Waals surface area contributed by atoms with E-state index in [0.717, 1.165) is 5.56 Å². The number of hydrogen-bond donors (Lipinski definition) is 2. The molecule has 0 bridgehead atoms. The lowest BCUT2D eigenvalue weighted by Gasteiger charge is -2.07. The number of alkyl halides is 2. The summed E-state index contributed by atoms with van der Waals surface area (Å²) in [5.74, 6) is -0.279. The van der Waals surface area contributed by atoms with Gasteiger partial charge in [-0.1, -0.05) is 12.1 Å². The van der Waals surface area contributed by atoms with E-state index in [1.807, 2.05) is 6.07 Å². The summed E-state index contributed by atoms with van der Waals surface area (Å²) in [6.45, 7) is -0.274. The van der Waals surface area contributed by atoms with Gasteiger partial charge in [-0.05, 0) is 17.7 Å². The zero-order valence-corrected chi connectivity index (χ0v) is 9.86. The van der Waals surface area contributed by atoms with Crippen LogP contribution in [0, 0.1) is 0 Å². The lowest BCUT2D eigenvalue weighted by molar-refractivity contribution is -0.117. The second kappa shape index (κ2) is 7.73. The van der Waals surface area contributed by atoms with Crippen molar-refractivity contribution >= 4 is 11.6 Å². The molecule has 1 rings (SSSR count). The first-order chi connectivity index (χ1) is 8.61. The van der Waals surface area contributed by atoms with Crippen molar-refractivity contribution < 1.29 is 18.3 Å². The Kier molecular flexibility index (Phi) is 6.24. The van der Waals surface area contributed by atoms with Gasteiger partial charge in [-0.2, -0.15) is 0 Å². The summed E-state index contributed by atoms with van der Waals surface area (Å²) >= 11 is 0. The summed E-state index contributed by atoms with van der Waals surface area (Å²) in [6, 6.07) is 7.13. The van der Waals surface area contributed by atoms with Crippen LogP contribution >= 0.6 is 0 Å². The molecule has 0 aliphatic rings. The average molecular weight is 258 g/mol. The minimum absolute atomic E-state index is 0.0211. The third-order valence-corrected chi connectivity index (χ3v) is 2.16. The highest BCUT2D eigenvalue weighted by atomic mass is 19.3. The van der Waals surface area contributed by atoms with Crippen LogP contribution in [0.15, 0.2) is 24.3 Å². The number of carbonyl (C=O) groups is 1. The second-order valence-electron chi connectivity index (χ2n) is 3.67. The number of rotatable bonds is 7. The Hall–Kier alpha value is -1.53. The first kappa shape index (κ1) is 14.5. The van der Waals surface area contributed by atoms with Gasteiger partial charge < -0.3 is 15.8 Å². The maximum absolute atomic E-state index is 11.8. The number of carbonyl (C=O) groups excluding carboxylic acids is 1. The van der Waals surface area contributed by atoms with Crippen molar-refractivity contribution in [3.05, 3.63) is 29.8 Å². The Bertz CT molecular complexity index is 386. The number of nitrogens with one attached hydrogen (secondary N) is 1. The molecule has 4 nitrogen and oxygen atoms in total. The molecule has 18 heavy (non-hydrogen) atoms. The molecule has 0 fully saturated rings. The minimum atomic E-state index is -2.51. The molecule has 6 heteroatoms. The summed E-state index contributed by atoms with van der Waals surface area (Å²) in [7, 11) is 0. The van der Waals surface area contributed by atoms with Crippen LogP contribution in [0.4, 0.5) is 14.5 Å². The van der Waals surface area contributed by atoms with Crippen LogP contribution in [0.5, 0.6) is 0 Å². The Morgan fingerprint density at radius 1 is 1.44 bits per heavy atom. The zero-order valence-electron chi connectivity index (χ0n) is 9.86. The SMILES string of the molecule is NCc1cccc(NC(=O)CCOCC(F)F)c1. The van der Waals surface area contributed by atoms with Crippen LogP contribution in [0.3, 0.4) is 0 Å². The average Bonchev–Trinajstić information content (AvgIpc) is 2.34. The fourth-order valence-corrected chi connectivity index (χ4v) is 1.34. The Morgan fingerprint density at radius 2 is 2.22 bits per heavy atom. The lowest BCUT2D eigenvalue weighted by atomic mass is 10.2. The summed E-state index contributed by atoms with van der Waals surface area (Å²) in [5, 5.41) is 2.64. The third-order valence-electron chi connectivity index (χ3n) is 2.16. The van der Waals surface area contributed by atoms with E-state index in [1.54, 1.807) is 18.2 Å². The highest BCUT2D eigenvalue weighted by Gasteiger charge is 2.05. The standard InChI is InChI=1S/C12H16F2N2O2/c13-11(14)8-18-5-4-12(17)16-10-3-1-2-9(6-10)7-15/h1-3,6,11H,4-5,7-8,15H2,(H,16,17). The van der Waals surface area contributed by atoms with Crippen molar-refractivity contribution in [1.82, 2.24) is 0 Å². The molecule has 0 spiro atoms. The van der Waals surface area contributed by atoms with E-state index in [0.29, 0.717) is 12.2 Å². The van der Waals surface area contributed by atoms with E-state index >= 15 is 0 Å². The van der Waals surface area contributed by atoms with Crippen molar-refractivity contribution in [2.75, 3.05) is 18.5 Å². The van der Waals surface area contributed by atoms with Crippen LogP contribution in [0.25, 0.3) is 0 Å². The topological polar surface area (TPSA) is 64.3 Å². The largest absolute Gasteiger partial charge is 0.375 e. The number of halogens is 2. The first-order valence-electron chi connectivity index (χ1n) is 5.56. The van der Waals surface area contributed by atoms with Crippen molar-refractivity contribution in [2.45, 2.75) is 19.4 Å². The van der Waals surface area contributed by atoms with Gasteiger partial charge in [0.2, 0.25) is 5.91 Å². The smallest absolute Gasteiger partial charge is 0.261 e. The van der Waals surface area contributed by atoms with Gasteiger partial charge in [-0.3, -0.25) is 4.79 Å². The number of anilines is 1. The summed E-state index contributed by atoms with van der Waals surface area (Å²) in [6.07, 6.45) is -2.46. The Labute approximate surface area is 104 Å². The molecule has 100 valence electrons. The number of nitrogens with two attached hydrogens (primary N) is 1. The molecule has 1 amide bonds. The molecule has 0 saturated heterocycles. The molecule has 0 radical (unpaired) electrons. The predicted molar refractivity (Wildman–Crippen MR) is 64.4 cm³/mol. The molecule has 1 aromatic carbocycles. The zero-order chi connectivity index (χ0) is 13.4. The van der Waals surface area contributed by atoms with Gasteiger partial charge in [0.05, 0.1) is 13.0 Å². The van der Waals surface area contributed by atoms with Crippen LogP contribution < -0.4 is 11.1 Å². The van der Waals surface area contributed by atoms with Gasteiger partial charge >= 0.3 is 0 Å². The fraction of sp³-hybridized carbons (Fsp3) is 0.417. The molecule has 3 N–H and O–H groups in total. The molecule has 1 aromatic rings. The van der Waals surface area contributed by atoms with Gasteiger partial charge in [-0.15, -0.1) is 0 Å². The van der Waals surface area contributed by atoms with Gasteiger partial charge in [0.25, 0.3) is 6.43 Å². The number of ether oxygens (including phenoxy) is 1. The summed E-state index contributed by atoms with van der Waals surface area (Å²) in [4.78, 5) is 11.4. The van der Waals surface area contributed by atoms with E-state index in [1.165, 1.54) is 0 Å². The molecule has 0 unspecified atom stereocenters. The third kappa shape index (κ3) is 5.70. The van der Waals surface area contributed by atoms with Crippen molar-refractivity contribution in [3.8, 4) is 0 Å². The highest BCUT2D eigenvalue weighted by molar-refractivity contribution is 5.90. The number of amides is 1. The number of benzene rings is 1. The van der Waals surface area contributed by atoms with Crippen LogP contribution in [0.1, 0.15) is 12.0 Å². The van der Waals surface area contributed by atoms with Crippen molar-refractivity contribution in [2.24, 2.45) is 5.73 Å². The van der Waals surface area contributed by atoms with Gasteiger partial charge in [-0.25, -0.2) is 8.78 Å². The van der Waals surface area contributed by atoms with E-state index in [-0.39, 0.29) is 18.9 Å². The van der Waals surface area contributed by atoms with Crippen LogP contribution in [0.2, 0.25) is 0 Å². The Morgan fingerprint density at radius 3 is 2.89 bits per heavy atom. The van der Waals surface area contributed by atoms with Crippen LogP contribution in [-0.2, 0) is 16.1 Å².